The van der Waals surface area contributed by atoms with Crippen molar-refractivity contribution in [1.29, 1.82) is 0 Å². The van der Waals surface area contributed by atoms with Gasteiger partial charge in [0.15, 0.2) is 11.5 Å². The third-order valence-corrected chi connectivity index (χ3v) is 9.46. The van der Waals surface area contributed by atoms with Crippen LogP contribution in [0.1, 0.15) is 15.9 Å². The highest BCUT2D eigenvalue weighted by Gasteiger charge is 2.31. The van der Waals surface area contributed by atoms with Crippen LogP contribution in [0.5, 0.6) is 17.2 Å². The molecule has 4 aromatic carbocycles. The number of benzene rings is 4. The van der Waals surface area contributed by atoms with Gasteiger partial charge in [-0.3, -0.25) is 29.5 Å². The Morgan fingerprint density at radius 1 is 0.611 bits per heavy atom. The van der Waals surface area contributed by atoms with E-state index in [-0.39, 0.29) is 45.6 Å². The van der Waals surface area contributed by atoms with Crippen LogP contribution in [0.3, 0.4) is 0 Å². The summed E-state index contributed by atoms with van der Waals surface area (Å²) in [5.41, 5.74) is 4.33. The molecular formula is C34H24N6O12S2. The maximum atomic E-state index is 13.4. The lowest BCUT2D eigenvalue weighted by molar-refractivity contribution is -0.110. The maximum absolute atomic E-state index is 13.4. The molecule has 0 saturated carbocycles. The van der Waals surface area contributed by atoms with E-state index < -0.39 is 64.3 Å². The molecule has 0 radical (unpaired) electrons. The van der Waals surface area contributed by atoms with Gasteiger partial charge in [0.25, 0.3) is 20.2 Å². The van der Waals surface area contributed by atoms with E-state index >= 15 is 0 Å². The molecule has 0 heterocycles. The fourth-order valence-corrected chi connectivity index (χ4v) is 6.22. The fourth-order valence-electron chi connectivity index (χ4n) is 5.03. The molecule has 0 unspecified atom stereocenters. The molecule has 0 fully saturated rings. The Morgan fingerprint density at radius 3 is 1.87 bits per heavy atom. The Hall–Kier alpha value is -7.00. The van der Waals surface area contributed by atoms with Crippen LogP contribution in [0.15, 0.2) is 127 Å². The number of aliphatic hydroxyl groups is 1. The summed E-state index contributed by atoms with van der Waals surface area (Å²) in [5.74, 6) is -3.26. The predicted octanol–water partition coefficient (Wildman–Crippen LogP) is 5.41. The van der Waals surface area contributed by atoms with Crippen molar-refractivity contribution in [1.82, 2.24) is 0 Å². The number of nitrogens with one attached hydrogen (secondary N) is 2. The molecule has 4 aromatic rings. The zero-order valence-corrected chi connectivity index (χ0v) is 28.6. The summed E-state index contributed by atoms with van der Waals surface area (Å²) < 4.78 is 66.2. The van der Waals surface area contributed by atoms with Crippen molar-refractivity contribution < 1.29 is 56.0 Å². The van der Waals surface area contributed by atoms with E-state index in [0.717, 1.165) is 36.4 Å². The summed E-state index contributed by atoms with van der Waals surface area (Å²) in [6, 6.07) is 13.9. The average molecular weight is 773 g/mol. The molecule has 0 amide bonds. The SMILES string of the molecule is O=C1C=C/C(=N/Nc2ccc(-c3ccc(N=Nc4cc(S(=O)(=O)O)c5c(c4O)C(=O)C(=NNc4ccc(S(=O)(=O)O)cc4)C=C5)c(O)c3)cc2O)C(O)=C1. The van der Waals surface area contributed by atoms with Gasteiger partial charge in [-0.15, -0.1) is 10.2 Å². The van der Waals surface area contributed by atoms with Crippen molar-refractivity contribution in [3.8, 4) is 28.4 Å². The quantitative estimate of drug-likeness (QED) is 0.0347. The number of aliphatic hydroxyl groups excluding tert-OH is 1. The number of aromatic hydroxyl groups is 3. The molecule has 0 atom stereocenters. The Kier molecular flexibility index (Phi) is 9.67. The monoisotopic (exact) mass is 772 g/mol. The van der Waals surface area contributed by atoms with Crippen molar-refractivity contribution in [2.45, 2.75) is 9.79 Å². The number of Topliss-reactive ketones (excluding diaryl/α,β-unsaturated/α-hetero) is 1. The van der Waals surface area contributed by atoms with Gasteiger partial charge >= 0.3 is 0 Å². The van der Waals surface area contributed by atoms with E-state index in [4.69, 9.17) is 4.55 Å². The van der Waals surface area contributed by atoms with Crippen LogP contribution in [0, 0.1) is 0 Å². The minimum Gasteiger partial charge on any atom is -0.506 e. The number of carbonyl (C=O) groups excluding carboxylic acids is 2. The van der Waals surface area contributed by atoms with Gasteiger partial charge in [-0.1, -0.05) is 18.2 Å². The second kappa shape index (κ2) is 14.2. The predicted molar refractivity (Wildman–Crippen MR) is 194 cm³/mol. The largest absolute Gasteiger partial charge is 0.506 e. The van der Waals surface area contributed by atoms with Gasteiger partial charge in [0.2, 0.25) is 5.78 Å². The van der Waals surface area contributed by atoms with Gasteiger partial charge in [-0.25, -0.2) is 0 Å². The minimum absolute atomic E-state index is 0.0618. The summed E-state index contributed by atoms with van der Waals surface area (Å²) in [6.45, 7) is 0. The van der Waals surface area contributed by atoms with Gasteiger partial charge < -0.3 is 20.4 Å². The van der Waals surface area contributed by atoms with Crippen molar-refractivity contribution in [2.75, 3.05) is 10.9 Å². The number of fused-ring (bicyclic) bond motifs is 1. The normalized spacial score (nSPS) is 15.9. The molecule has 0 saturated heterocycles. The minimum atomic E-state index is -5.00. The standard InChI is InChI=1S/C34H24N6O12S2/c41-20-5-11-25(30(44)15-20)37-36-23-9-1-17(13-28(23)42)18-2-10-24(29(43)14-18)38-40-27-16-31(54(50,51)52)22-8-12-26(33(45)32(22)34(27)46)39-35-19-3-6-21(7-4-19)53(47,48)49/h1-16,35-36,42-44,46H,(H,47,48,49)(H,50,51,52)/b37-25-,39-26?,40-38?. The molecule has 18 nitrogen and oxygen atoms in total. The molecule has 2 aliphatic rings. The van der Waals surface area contributed by atoms with Crippen LogP contribution in [0.4, 0.5) is 22.7 Å². The number of ketones is 2. The number of allylic oxidation sites excluding steroid dienone is 4. The van der Waals surface area contributed by atoms with Crippen LogP contribution in [0.25, 0.3) is 17.2 Å². The van der Waals surface area contributed by atoms with Gasteiger partial charge in [-0.2, -0.15) is 27.0 Å². The van der Waals surface area contributed by atoms with Gasteiger partial charge in [0.1, 0.15) is 45.0 Å². The lowest BCUT2D eigenvalue weighted by Crippen LogP contribution is -2.20. The second-order valence-electron chi connectivity index (χ2n) is 11.3. The lowest BCUT2D eigenvalue weighted by atomic mass is 9.93. The molecule has 274 valence electrons. The number of phenols is 3. The Bertz CT molecular complexity index is 2680. The Labute approximate surface area is 304 Å². The summed E-state index contributed by atoms with van der Waals surface area (Å²) in [7, 11) is -9.45. The number of hydrogen-bond acceptors (Lipinski definition) is 16. The van der Waals surface area contributed by atoms with Gasteiger partial charge in [0, 0.05) is 11.6 Å². The molecular weight excluding hydrogens is 749 g/mol. The summed E-state index contributed by atoms with van der Waals surface area (Å²) in [4.78, 5) is 23.6. The van der Waals surface area contributed by atoms with E-state index in [1.165, 1.54) is 54.6 Å². The smallest absolute Gasteiger partial charge is 0.295 e. The summed E-state index contributed by atoms with van der Waals surface area (Å²) in [6.07, 6.45) is 5.71. The highest BCUT2D eigenvalue weighted by Crippen LogP contribution is 2.42. The third-order valence-electron chi connectivity index (χ3n) is 7.70. The van der Waals surface area contributed by atoms with E-state index in [9.17, 15) is 51.4 Å². The van der Waals surface area contributed by atoms with Gasteiger partial charge in [0.05, 0.1) is 21.8 Å². The number of hydrazone groups is 2. The molecule has 20 heteroatoms. The zero-order valence-electron chi connectivity index (χ0n) is 27.0. The van der Waals surface area contributed by atoms with Crippen LogP contribution in [0.2, 0.25) is 0 Å². The first-order valence-corrected chi connectivity index (χ1v) is 17.9. The molecule has 2 aliphatic carbocycles. The van der Waals surface area contributed by atoms with E-state index in [2.05, 4.69) is 31.3 Å². The molecule has 8 N–H and O–H groups in total. The third kappa shape index (κ3) is 7.75. The van der Waals surface area contributed by atoms with E-state index in [0.29, 0.717) is 11.1 Å². The number of anilines is 2. The molecule has 0 spiro atoms. The van der Waals surface area contributed by atoms with Crippen molar-refractivity contribution in [2.24, 2.45) is 20.4 Å². The summed E-state index contributed by atoms with van der Waals surface area (Å²) >= 11 is 0. The molecule has 6 rings (SSSR count). The van der Waals surface area contributed by atoms with Crippen molar-refractivity contribution >= 4 is 72.1 Å². The highest BCUT2D eigenvalue weighted by atomic mass is 32.2. The first kappa shape index (κ1) is 36.8. The van der Waals surface area contributed by atoms with Crippen LogP contribution < -0.4 is 10.9 Å². The number of nitrogens with zero attached hydrogens (tertiary/aromatic N) is 4. The molecule has 54 heavy (non-hydrogen) atoms. The Balaban J connectivity index is 1.25. The fraction of sp³-hybridized carbons (Fsp3) is 0. The van der Waals surface area contributed by atoms with Crippen molar-refractivity contribution in [3.05, 3.63) is 108 Å². The van der Waals surface area contributed by atoms with Gasteiger partial charge in [-0.05, 0) is 84.0 Å². The first-order chi connectivity index (χ1) is 25.5. The number of rotatable bonds is 9. The summed E-state index contributed by atoms with van der Waals surface area (Å²) in [5, 5.41) is 57.8. The van der Waals surface area contributed by atoms with E-state index in [1.807, 2.05) is 0 Å². The van der Waals surface area contributed by atoms with E-state index in [1.54, 1.807) is 6.07 Å². The first-order valence-electron chi connectivity index (χ1n) is 15.1. The Morgan fingerprint density at radius 2 is 1.24 bits per heavy atom. The van der Waals surface area contributed by atoms with Crippen LogP contribution >= 0.6 is 0 Å². The average Bonchev–Trinajstić information content (AvgIpc) is 3.10. The number of carbonyl (C=O) groups is 2. The number of hydrogen-bond donors (Lipinski definition) is 8. The maximum Gasteiger partial charge on any atom is 0.295 e. The molecule has 0 aromatic heterocycles. The lowest BCUT2D eigenvalue weighted by Gasteiger charge is -2.17. The number of azo groups is 1. The highest BCUT2D eigenvalue weighted by molar-refractivity contribution is 7.86. The zero-order chi connectivity index (χ0) is 38.9. The molecule has 0 aliphatic heterocycles. The molecule has 0 bridgehead atoms. The van der Waals surface area contributed by atoms with Crippen LogP contribution in [-0.2, 0) is 25.0 Å². The van der Waals surface area contributed by atoms with Crippen LogP contribution in [-0.4, -0.2) is 69.4 Å². The van der Waals surface area contributed by atoms with Crippen molar-refractivity contribution in [3.63, 3.8) is 0 Å². The second-order valence-corrected chi connectivity index (χ2v) is 14.1. The number of phenolic OH excluding ortho intramolecular Hbond substituents is 3. The topological polar surface area (TPSA) is 297 Å².